The van der Waals surface area contributed by atoms with E-state index < -0.39 is 0 Å². The minimum absolute atomic E-state index is 0.0369. The lowest BCUT2D eigenvalue weighted by Gasteiger charge is -2.12. The molecule has 0 saturated carbocycles. The lowest BCUT2D eigenvalue weighted by molar-refractivity contribution is 0.719. The van der Waals surface area contributed by atoms with Crippen molar-refractivity contribution in [1.82, 2.24) is 4.98 Å². The maximum absolute atomic E-state index is 6.22. The molecule has 1 unspecified atom stereocenters. The summed E-state index contributed by atoms with van der Waals surface area (Å²) in [6.07, 6.45) is 4.49. The predicted octanol–water partition coefficient (Wildman–Crippen LogP) is 3.44. The molecule has 3 heteroatoms. The highest BCUT2D eigenvalue weighted by Gasteiger charge is 2.07. The number of hydrogen-bond donors (Lipinski definition) is 1. The van der Waals surface area contributed by atoms with Crippen molar-refractivity contribution in [2.75, 3.05) is 5.75 Å². The van der Waals surface area contributed by atoms with Gasteiger partial charge in [-0.25, -0.2) is 0 Å². The third-order valence-electron chi connectivity index (χ3n) is 2.80. The van der Waals surface area contributed by atoms with E-state index in [9.17, 15) is 0 Å². The van der Waals surface area contributed by atoms with Gasteiger partial charge in [-0.05, 0) is 41.5 Å². The first-order valence-electron chi connectivity index (χ1n) is 6.17. The highest BCUT2D eigenvalue weighted by atomic mass is 32.2. The minimum Gasteiger partial charge on any atom is -0.324 e. The summed E-state index contributed by atoms with van der Waals surface area (Å²) in [5.74, 6) is 1.10. The third-order valence-corrected chi connectivity index (χ3v) is 3.69. The first-order valence-corrected chi connectivity index (χ1v) is 7.15. The van der Waals surface area contributed by atoms with E-state index in [0.717, 1.165) is 12.2 Å². The largest absolute Gasteiger partial charge is 0.324 e. The van der Waals surface area contributed by atoms with Crippen LogP contribution in [0.2, 0.25) is 0 Å². The molecular formula is C15H18N2S. The molecule has 2 nitrogen and oxygen atoms in total. The molecule has 0 fully saturated rings. The fourth-order valence-corrected chi connectivity index (χ4v) is 2.53. The second kappa shape index (κ2) is 6.57. The topological polar surface area (TPSA) is 38.9 Å². The Morgan fingerprint density at radius 1 is 1.22 bits per heavy atom. The molecule has 0 spiro atoms. The second-order valence-corrected chi connectivity index (χ2v) is 5.51. The number of pyridine rings is 1. The van der Waals surface area contributed by atoms with Crippen molar-refractivity contribution in [3.8, 4) is 0 Å². The Bertz CT molecular complexity index is 468. The highest BCUT2D eigenvalue weighted by Crippen LogP contribution is 2.21. The summed E-state index contributed by atoms with van der Waals surface area (Å²) in [5.41, 5.74) is 8.57. The summed E-state index contributed by atoms with van der Waals surface area (Å²) >= 11 is 1.85. The van der Waals surface area contributed by atoms with E-state index in [1.807, 2.05) is 24.0 Å². The van der Waals surface area contributed by atoms with Gasteiger partial charge in [0.2, 0.25) is 0 Å². The summed E-state index contributed by atoms with van der Waals surface area (Å²) in [6, 6.07) is 12.6. The molecule has 1 heterocycles. The van der Waals surface area contributed by atoms with E-state index in [2.05, 4.69) is 42.2 Å². The van der Waals surface area contributed by atoms with Gasteiger partial charge in [0.15, 0.2) is 0 Å². The van der Waals surface area contributed by atoms with Crippen LogP contribution in [-0.2, 0) is 6.42 Å². The number of benzene rings is 1. The Labute approximate surface area is 113 Å². The molecular weight excluding hydrogens is 240 g/mol. The Morgan fingerprint density at radius 3 is 2.61 bits per heavy atom. The summed E-state index contributed by atoms with van der Waals surface area (Å²) in [7, 11) is 0. The lowest BCUT2D eigenvalue weighted by atomic mass is 10.0. The number of rotatable bonds is 5. The molecule has 0 aliphatic rings. The van der Waals surface area contributed by atoms with Gasteiger partial charge in [0.1, 0.15) is 0 Å². The van der Waals surface area contributed by atoms with Crippen molar-refractivity contribution in [3.63, 3.8) is 0 Å². The number of hydrogen-bond acceptors (Lipinski definition) is 3. The van der Waals surface area contributed by atoms with E-state index in [-0.39, 0.29) is 6.04 Å². The van der Waals surface area contributed by atoms with Crippen LogP contribution in [0.4, 0.5) is 0 Å². The average Bonchev–Trinajstić information content (AvgIpc) is 2.41. The molecule has 0 aliphatic carbocycles. The first-order chi connectivity index (χ1) is 8.79. The van der Waals surface area contributed by atoms with Crippen LogP contribution < -0.4 is 5.73 Å². The monoisotopic (exact) mass is 258 g/mol. The molecule has 2 aromatic rings. The number of thioether (sulfide) groups is 1. The highest BCUT2D eigenvalue weighted by molar-refractivity contribution is 7.99. The van der Waals surface area contributed by atoms with Gasteiger partial charge in [-0.1, -0.05) is 25.1 Å². The Hall–Kier alpha value is -1.32. The van der Waals surface area contributed by atoms with Crippen LogP contribution >= 0.6 is 11.8 Å². The number of nitrogens with zero attached hydrogens (tertiary/aromatic N) is 1. The zero-order valence-electron chi connectivity index (χ0n) is 10.5. The zero-order valence-corrected chi connectivity index (χ0v) is 11.4. The van der Waals surface area contributed by atoms with Crippen LogP contribution in [0.1, 0.15) is 24.1 Å². The predicted molar refractivity (Wildman–Crippen MR) is 77.7 cm³/mol. The van der Waals surface area contributed by atoms with Crippen LogP contribution in [0.25, 0.3) is 0 Å². The standard InChI is InChI=1S/C15H18N2S/c1-2-18-14-7-5-13(6-8-14)15(16)10-12-4-3-9-17-11-12/h3-9,11,15H,2,10,16H2,1H3. The molecule has 18 heavy (non-hydrogen) atoms. The van der Waals surface area contributed by atoms with Gasteiger partial charge < -0.3 is 5.73 Å². The molecule has 1 atom stereocenters. The fraction of sp³-hybridized carbons (Fsp3) is 0.267. The molecule has 0 saturated heterocycles. The molecule has 2 rings (SSSR count). The Balaban J connectivity index is 2.02. The van der Waals surface area contributed by atoms with Gasteiger partial charge in [0.25, 0.3) is 0 Å². The second-order valence-electron chi connectivity index (χ2n) is 4.17. The molecule has 1 aromatic heterocycles. The van der Waals surface area contributed by atoms with E-state index in [4.69, 9.17) is 5.73 Å². The average molecular weight is 258 g/mol. The SMILES string of the molecule is CCSc1ccc(C(N)Cc2cccnc2)cc1. The van der Waals surface area contributed by atoms with Gasteiger partial charge >= 0.3 is 0 Å². The van der Waals surface area contributed by atoms with Gasteiger partial charge in [0.05, 0.1) is 0 Å². The van der Waals surface area contributed by atoms with Crippen LogP contribution in [0.3, 0.4) is 0 Å². The lowest BCUT2D eigenvalue weighted by Crippen LogP contribution is -2.13. The van der Waals surface area contributed by atoms with Crippen LogP contribution in [0.15, 0.2) is 53.7 Å². The van der Waals surface area contributed by atoms with E-state index in [0.29, 0.717) is 0 Å². The number of nitrogens with two attached hydrogens (primary N) is 1. The van der Waals surface area contributed by atoms with Crippen LogP contribution in [0, 0.1) is 0 Å². The van der Waals surface area contributed by atoms with E-state index in [1.54, 1.807) is 6.20 Å². The van der Waals surface area contributed by atoms with Gasteiger partial charge in [-0.2, -0.15) is 0 Å². The maximum Gasteiger partial charge on any atom is 0.0336 e. The fourth-order valence-electron chi connectivity index (χ4n) is 1.87. The van der Waals surface area contributed by atoms with Crippen molar-refractivity contribution in [2.24, 2.45) is 5.73 Å². The van der Waals surface area contributed by atoms with Crippen molar-refractivity contribution in [1.29, 1.82) is 0 Å². The molecule has 0 aliphatic heterocycles. The maximum atomic E-state index is 6.22. The normalized spacial score (nSPS) is 12.3. The molecule has 0 amide bonds. The van der Waals surface area contributed by atoms with Gasteiger partial charge in [0, 0.05) is 23.3 Å². The summed E-state index contributed by atoms with van der Waals surface area (Å²) in [5, 5.41) is 0. The van der Waals surface area contributed by atoms with E-state index in [1.165, 1.54) is 16.0 Å². The Kier molecular flexibility index (Phi) is 4.79. The van der Waals surface area contributed by atoms with Crippen molar-refractivity contribution in [2.45, 2.75) is 24.3 Å². The van der Waals surface area contributed by atoms with E-state index >= 15 is 0 Å². The van der Waals surface area contributed by atoms with Gasteiger partial charge in [-0.3, -0.25) is 4.98 Å². The van der Waals surface area contributed by atoms with Crippen LogP contribution in [-0.4, -0.2) is 10.7 Å². The van der Waals surface area contributed by atoms with Crippen molar-refractivity contribution >= 4 is 11.8 Å². The molecule has 1 aromatic carbocycles. The quantitative estimate of drug-likeness (QED) is 0.835. The molecule has 0 bridgehead atoms. The molecule has 94 valence electrons. The van der Waals surface area contributed by atoms with Crippen molar-refractivity contribution < 1.29 is 0 Å². The third kappa shape index (κ3) is 3.59. The zero-order chi connectivity index (χ0) is 12.8. The molecule has 2 N–H and O–H groups in total. The summed E-state index contributed by atoms with van der Waals surface area (Å²) in [4.78, 5) is 5.41. The molecule has 0 radical (unpaired) electrons. The van der Waals surface area contributed by atoms with Crippen molar-refractivity contribution in [3.05, 3.63) is 59.9 Å². The summed E-state index contributed by atoms with van der Waals surface area (Å²) in [6.45, 7) is 2.16. The first kappa shape index (κ1) is 13.1. The van der Waals surface area contributed by atoms with Crippen LogP contribution in [0.5, 0.6) is 0 Å². The smallest absolute Gasteiger partial charge is 0.0336 e. The van der Waals surface area contributed by atoms with Gasteiger partial charge in [-0.15, -0.1) is 11.8 Å². The minimum atomic E-state index is 0.0369. The number of aromatic nitrogens is 1. The summed E-state index contributed by atoms with van der Waals surface area (Å²) < 4.78 is 0. The Morgan fingerprint density at radius 2 is 2.00 bits per heavy atom.